The number of rotatable bonds is 7. The van der Waals surface area contributed by atoms with E-state index in [1.165, 1.54) is 17.4 Å². The van der Waals surface area contributed by atoms with Crippen LogP contribution in [0.5, 0.6) is 0 Å². The molecule has 0 radical (unpaired) electrons. The van der Waals surface area contributed by atoms with Crippen LogP contribution in [0.3, 0.4) is 0 Å². The van der Waals surface area contributed by atoms with Crippen molar-refractivity contribution in [3.8, 4) is 11.1 Å². The van der Waals surface area contributed by atoms with Crippen LogP contribution in [0.4, 0.5) is 13.2 Å². The Morgan fingerprint density at radius 1 is 1.18 bits per heavy atom. The molecule has 1 heterocycles. The average molecular weight is 506 g/mol. The van der Waals surface area contributed by atoms with Crippen LogP contribution in [0, 0.1) is 0 Å². The molecule has 1 aliphatic rings. The number of hydrogen-bond donors (Lipinski definition) is 2. The number of carbonyl (C=O) groups is 1. The van der Waals surface area contributed by atoms with Crippen LogP contribution in [0.15, 0.2) is 60.7 Å². The van der Waals surface area contributed by atoms with Gasteiger partial charge in [-0.2, -0.15) is 13.2 Å². The number of nitrogens with one attached hydrogen (secondary N) is 1. The standard InChI is InChI=1S/C26H23ClF3NO2S/c1-25(10-3-2-4-11-25)19-7-5-17(14-20(19)26(28,29)30)16-6-8-21-18(13-16)24(27)22(34-21)15-31-12-9-23(32)33/h2-8,10,13-14,31H,9,11-12,15H2,1H3,(H,32,33). The molecule has 4 rings (SSSR count). The lowest BCUT2D eigenvalue weighted by molar-refractivity contribution is -0.139. The van der Waals surface area contributed by atoms with Crippen molar-refractivity contribution in [3.63, 3.8) is 0 Å². The van der Waals surface area contributed by atoms with Gasteiger partial charge in [0.15, 0.2) is 0 Å². The lowest BCUT2D eigenvalue weighted by Gasteiger charge is -2.30. The van der Waals surface area contributed by atoms with Gasteiger partial charge in [-0.15, -0.1) is 11.3 Å². The molecule has 1 atom stereocenters. The van der Waals surface area contributed by atoms with E-state index in [0.29, 0.717) is 35.7 Å². The summed E-state index contributed by atoms with van der Waals surface area (Å²) in [5.74, 6) is -0.881. The SMILES string of the molecule is CC1(c2ccc(-c3ccc4sc(CNCCC(=O)O)c(Cl)c4c3)cc2C(F)(F)F)C=CC=CC1. The van der Waals surface area contributed by atoms with E-state index in [1.807, 2.05) is 37.3 Å². The Morgan fingerprint density at radius 2 is 1.91 bits per heavy atom. The summed E-state index contributed by atoms with van der Waals surface area (Å²) < 4.78 is 43.2. The van der Waals surface area contributed by atoms with Crippen molar-refractivity contribution in [1.82, 2.24) is 5.32 Å². The van der Waals surface area contributed by atoms with Crippen LogP contribution >= 0.6 is 22.9 Å². The van der Waals surface area contributed by atoms with E-state index < -0.39 is 23.1 Å². The second-order valence-electron chi connectivity index (χ2n) is 8.54. The van der Waals surface area contributed by atoms with Crippen molar-refractivity contribution in [2.75, 3.05) is 6.54 Å². The minimum atomic E-state index is -4.48. The van der Waals surface area contributed by atoms with Gasteiger partial charge in [0.1, 0.15) is 0 Å². The highest BCUT2D eigenvalue weighted by Crippen LogP contribution is 2.44. The van der Waals surface area contributed by atoms with Crippen molar-refractivity contribution >= 4 is 39.0 Å². The number of carboxylic acids is 1. The Balaban J connectivity index is 1.68. The molecule has 0 bridgehead atoms. The maximum absolute atomic E-state index is 14.1. The minimum absolute atomic E-state index is 0.00925. The first-order valence-electron chi connectivity index (χ1n) is 10.8. The fourth-order valence-electron chi connectivity index (χ4n) is 4.19. The van der Waals surface area contributed by atoms with Gasteiger partial charge >= 0.3 is 12.1 Å². The molecule has 1 aliphatic carbocycles. The monoisotopic (exact) mass is 505 g/mol. The summed E-state index contributed by atoms with van der Waals surface area (Å²) in [6, 6.07) is 10.0. The van der Waals surface area contributed by atoms with E-state index in [-0.39, 0.29) is 12.0 Å². The van der Waals surface area contributed by atoms with E-state index in [1.54, 1.807) is 24.3 Å². The second kappa shape index (κ2) is 9.56. The number of carboxylic acid groups (broad SMARTS) is 1. The lowest BCUT2D eigenvalue weighted by atomic mass is 9.74. The number of aliphatic carboxylic acids is 1. The predicted octanol–water partition coefficient (Wildman–Crippen LogP) is 7.58. The van der Waals surface area contributed by atoms with Crippen molar-refractivity contribution in [2.45, 2.75) is 37.9 Å². The van der Waals surface area contributed by atoms with E-state index in [9.17, 15) is 18.0 Å². The third-order valence-electron chi connectivity index (χ3n) is 6.02. The topological polar surface area (TPSA) is 49.3 Å². The molecule has 0 saturated heterocycles. The molecule has 3 nitrogen and oxygen atoms in total. The summed E-state index contributed by atoms with van der Waals surface area (Å²) in [7, 11) is 0. The lowest BCUT2D eigenvalue weighted by Crippen LogP contribution is -2.24. The first kappa shape index (κ1) is 24.5. The number of hydrogen-bond acceptors (Lipinski definition) is 3. The fraction of sp³-hybridized carbons (Fsp3) is 0.269. The third kappa shape index (κ3) is 5.06. The molecular weight excluding hydrogens is 483 g/mol. The quantitative estimate of drug-likeness (QED) is 0.325. The zero-order chi connectivity index (χ0) is 24.5. The van der Waals surface area contributed by atoms with Gasteiger partial charge in [-0.25, -0.2) is 0 Å². The molecule has 8 heteroatoms. The highest BCUT2D eigenvalue weighted by molar-refractivity contribution is 7.19. The summed E-state index contributed by atoms with van der Waals surface area (Å²) in [5.41, 5.74) is 0.0292. The van der Waals surface area contributed by atoms with Crippen LogP contribution < -0.4 is 5.32 Å². The fourth-order valence-corrected chi connectivity index (χ4v) is 5.63. The maximum Gasteiger partial charge on any atom is 0.416 e. The van der Waals surface area contributed by atoms with Crippen LogP contribution in [0.25, 0.3) is 21.2 Å². The van der Waals surface area contributed by atoms with E-state index in [2.05, 4.69) is 5.32 Å². The molecule has 0 saturated carbocycles. The van der Waals surface area contributed by atoms with Gasteiger partial charge in [-0.05, 0) is 41.3 Å². The molecule has 34 heavy (non-hydrogen) atoms. The van der Waals surface area contributed by atoms with E-state index >= 15 is 0 Å². The van der Waals surface area contributed by atoms with Gasteiger partial charge in [-0.1, -0.05) is 61.0 Å². The maximum atomic E-state index is 14.1. The van der Waals surface area contributed by atoms with Crippen molar-refractivity contribution in [3.05, 3.63) is 81.7 Å². The highest BCUT2D eigenvalue weighted by Gasteiger charge is 2.38. The van der Waals surface area contributed by atoms with Crippen LogP contribution in [0.1, 0.15) is 35.8 Å². The third-order valence-corrected chi connectivity index (χ3v) is 7.74. The number of thiophene rings is 1. The smallest absolute Gasteiger partial charge is 0.416 e. The molecule has 1 aromatic heterocycles. The van der Waals surface area contributed by atoms with Crippen molar-refractivity contribution in [1.29, 1.82) is 0 Å². The molecule has 2 N–H and O–H groups in total. The van der Waals surface area contributed by atoms with E-state index in [0.717, 1.165) is 15.0 Å². The molecule has 0 fully saturated rings. The predicted molar refractivity (Wildman–Crippen MR) is 131 cm³/mol. The number of fused-ring (bicyclic) bond motifs is 1. The van der Waals surface area contributed by atoms with Gasteiger partial charge in [0.25, 0.3) is 0 Å². The van der Waals surface area contributed by atoms with Crippen molar-refractivity contribution in [2.24, 2.45) is 0 Å². The summed E-state index contributed by atoms with van der Waals surface area (Å²) >= 11 is 8.05. The molecule has 2 aromatic carbocycles. The molecule has 3 aromatic rings. The molecule has 1 unspecified atom stereocenters. The van der Waals surface area contributed by atoms with Crippen LogP contribution in [0.2, 0.25) is 5.02 Å². The summed E-state index contributed by atoms with van der Waals surface area (Å²) in [5, 5.41) is 13.1. The Kier molecular flexibility index (Phi) is 6.90. The second-order valence-corrected chi connectivity index (χ2v) is 10.1. The number of alkyl halides is 3. The van der Waals surface area contributed by atoms with Gasteiger partial charge in [0.2, 0.25) is 0 Å². The Morgan fingerprint density at radius 3 is 2.59 bits per heavy atom. The molecular formula is C26H23ClF3NO2S. The molecule has 178 valence electrons. The van der Waals surface area contributed by atoms with Gasteiger partial charge in [0, 0.05) is 33.5 Å². The largest absolute Gasteiger partial charge is 0.481 e. The Hall–Kier alpha value is -2.61. The normalized spacial score (nSPS) is 18.0. The molecule has 0 spiro atoms. The van der Waals surface area contributed by atoms with Gasteiger partial charge < -0.3 is 10.4 Å². The zero-order valence-corrected chi connectivity index (χ0v) is 19.9. The molecule has 0 amide bonds. The summed E-state index contributed by atoms with van der Waals surface area (Å²) in [6.07, 6.45) is 3.37. The number of halogens is 4. The van der Waals surface area contributed by atoms with Crippen LogP contribution in [-0.4, -0.2) is 17.6 Å². The number of benzene rings is 2. The van der Waals surface area contributed by atoms with E-state index in [4.69, 9.17) is 16.7 Å². The first-order chi connectivity index (χ1) is 16.1. The van der Waals surface area contributed by atoms with Crippen molar-refractivity contribution < 1.29 is 23.1 Å². The summed E-state index contributed by atoms with van der Waals surface area (Å²) in [6.45, 7) is 2.57. The first-order valence-corrected chi connectivity index (χ1v) is 12.0. The minimum Gasteiger partial charge on any atom is -0.481 e. The highest BCUT2D eigenvalue weighted by atomic mass is 35.5. The van der Waals surface area contributed by atoms with Gasteiger partial charge in [0.05, 0.1) is 17.0 Å². The van der Waals surface area contributed by atoms with Crippen LogP contribution in [-0.2, 0) is 22.9 Å². The molecule has 0 aliphatic heterocycles. The summed E-state index contributed by atoms with van der Waals surface area (Å²) in [4.78, 5) is 11.5. The Labute approximate surface area is 204 Å². The zero-order valence-electron chi connectivity index (χ0n) is 18.4. The number of allylic oxidation sites excluding steroid dienone is 4. The Bertz CT molecular complexity index is 1300. The van der Waals surface area contributed by atoms with Gasteiger partial charge in [-0.3, -0.25) is 4.79 Å². The average Bonchev–Trinajstić information content (AvgIpc) is 3.11.